The molecule has 10 rings (SSSR count). The lowest BCUT2D eigenvalue weighted by atomic mass is 9.97. The van der Waals surface area contributed by atoms with Gasteiger partial charge in [-0.25, -0.2) is 15.0 Å². The molecule has 0 saturated heterocycles. The van der Waals surface area contributed by atoms with Crippen molar-refractivity contribution < 1.29 is 8.22 Å². The van der Waals surface area contributed by atoms with Crippen LogP contribution in [0.5, 0.6) is 0 Å². The Balaban J connectivity index is 1.17. The maximum absolute atomic E-state index is 9.58. The standard InChI is InChI=1S/C49H31N3S/c1-3-13-35(14-4-1)41-28-29-43(45-42-20-9-10-21-44(42)53-46(41)45)49-51-47(36-15-5-2-6-16-36)50-48(52-49)40-19-11-18-38(31-40)33-22-24-34(25-23-33)39-27-26-32-12-7-8-17-37(32)30-39/h1-31H/i9D,10D,20D,21D,28D,29D. The Labute approximate surface area is 320 Å². The van der Waals surface area contributed by atoms with E-state index in [4.69, 9.17) is 20.4 Å². The van der Waals surface area contributed by atoms with Crippen molar-refractivity contribution in [2.45, 2.75) is 0 Å². The molecule has 0 unspecified atom stereocenters. The molecular formula is C49H31N3S. The van der Waals surface area contributed by atoms with E-state index >= 15 is 0 Å². The third kappa shape index (κ3) is 5.76. The maximum atomic E-state index is 9.58. The van der Waals surface area contributed by atoms with Crippen LogP contribution in [0.25, 0.3) is 98.5 Å². The lowest BCUT2D eigenvalue weighted by molar-refractivity contribution is 1.08. The summed E-state index contributed by atoms with van der Waals surface area (Å²) in [6, 6.07) is 48.8. The summed E-state index contributed by atoms with van der Waals surface area (Å²) in [6.45, 7) is 0. The van der Waals surface area contributed by atoms with Crippen molar-refractivity contribution >= 4 is 42.3 Å². The molecule has 0 radical (unpaired) electrons. The second-order valence-corrected chi connectivity index (χ2v) is 13.8. The number of fused-ring (bicyclic) bond motifs is 4. The number of rotatable bonds is 6. The SMILES string of the molecule is [2H]c1c([2H])c([2H])c2c(sc3c(-c4ccccc4)c([2H])c([2H])c(-c4nc(-c5ccccc5)nc(-c5cccc(-c6ccc(-c7ccc8ccccc8c7)cc6)c5)n4)c32)c1[2H]. The summed E-state index contributed by atoms with van der Waals surface area (Å²) in [4.78, 5) is 15.0. The van der Waals surface area contributed by atoms with Crippen LogP contribution in [0.4, 0.5) is 0 Å². The summed E-state index contributed by atoms with van der Waals surface area (Å²) < 4.78 is 54.9. The van der Waals surface area contributed by atoms with Crippen molar-refractivity contribution in [2.75, 3.05) is 0 Å². The van der Waals surface area contributed by atoms with E-state index in [9.17, 15) is 2.74 Å². The van der Waals surface area contributed by atoms with E-state index in [0.29, 0.717) is 43.1 Å². The molecule has 248 valence electrons. The van der Waals surface area contributed by atoms with Crippen LogP contribution in [-0.4, -0.2) is 15.0 Å². The first kappa shape index (κ1) is 25.2. The number of hydrogen-bond acceptors (Lipinski definition) is 4. The van der Waals surface area contributed by atoms with Crippen LogP contribution in [0.1, 0.15) is 8.22 Å². The summed E-state index contributed by atoms with van der Waals surface area (Å²) in [5, 5.41) is 3.07. The highest BCUT2D eigenvalue weighted by molar-refractivity contribution is 7.26. The molecule has 0 saturated carbocycles. The largest absolute Gasteiger partial charge is 0.208 e. The minimum Gasteiger partial charge on any atom is -0.208 e. The van der Waals surface area contributed by atoms with Gasteiger partial charge in [-0.1, -0.05) is 164 Å². The van der Waals surface area contributed by atoms with Crippen LogP contribution in [0.2, 0.25) is 0 Å². The summed E-state index contributed by atoms with van der Waals surface area (Å²) in [5.41, 5.74) is 7.05. The molecule has 0 N–H and O–H groups in total. The molecule has 0 aliphatic carbocycles. The number of aromatic nitrogens is 3. The Kier molecular flexibility index (Phi) is 6.24. The second kappa shape index (κ2) is 13.1. The lowest BCUT2D eigenvalue weighted by Gasteiger charge is -2.12. The van der Waals surface area contributed by atoms with E-state index < -0.39 is 0 Å². The summed E-state index contributed by atoms with van der Waals surface area (Å²) in [7, 11) is 0. The number of hydrogen-bond donors (Lipinski definition) is 0. The first-order valence-corrected chi connectivity index (χ1v) is 18.1. The van der Waals surface area contributed by atoms with Crippen LogP contribution in [-0.2, 0) is 0 Å². The highest BCUT2D eigenvalue weighted by atomic mass is 32.1. The molecule has 0 bridgehead atoms. The minimum absolute atomic E-state index is 0.0575. The van der Waals surface area contributed by atoms with Crippen LogP contribution in [0.3, 0.4) is 0 Å². The fourth-order valence-electron chi connectivity index (χ4n) is 6.85. The molecule has 4 heteroatoms. The van der Waals surface area contributed by atoms with E-state index in [1.54, 1.807) is 0 Å². The van der Waals surface area contributed by atoms with Crippen molar-refractivity contribution in [2.24, 2.45) is 0 Å². The molecule has 0 aliphatic rings. The molecule has 3 nitrogen and oxygen atoms in total. The Morgan fingerprint density at radius 1 is 0.396 bits per heavy atom. The molecule has 0 fully saturated rings. The predicted octanol–water partition coefficient (Wildman–Crippen LogP) is 13.4. The molecule has 0 aliphatic heterocycles. The molecule has 0 amide bonds. The summed E-state index contributed by atoms with van der Waals surface area (Å²) in [6.07, 6.45) is 0. The van der Waals surface area contributed by atoms with Gasteiger partial charge in [0.2, 0.25) is 0 Å². The van der Waals surface area contributed by atoms with Gasteiger partial charge >= 0.3 is 0 Å². The van der Waals surface area contributed by atoms with Gasteiger partial charge in [0, 0.05) is 36.9 Å². The minimum atomic E-state index is -0.376. The van der Waals surface area contributed by atoms with E-state index in [1.807, 2.05) is 91.0 Å². The predicted molar refractivity (Wildman–Crippen MR) is 223 cm³/mol. The van der Waals surface area contributed by atoms with Crippen LogP contribution in [0, 0.1) is 0 Å². The van der Waals surface area contributed by atoms with Crippen LogP contribution >= 0.6 is 11.3 Å². The number of benzene rings is 8. The smallest absolute Gasteiger partial charge is 0.164 e. The normalized spacial score (nSPS) is 13.0. The fourth-order valence-corrected chi connectivity index (χ4v) is 7.99. The maximum Gasteiger partial charge on any atom is 0.164 e. The molecule has 10 aromatic rings. The number of thiophene rings is 1. The average molecular weight is 700 g/mol. The van der Waals surface area contributed by atoms with E-state index in [0.717, 1.165) is 27.8 Å². The lowest BCUT2D eigenvalue weighted by Crippen LogP contribution is -2.00. The second-order valence-electron chi connectivity index (χ2n) is 12.8. The quantitative estimate of drug-likeness (QED) is 0.173. The van der Waals surface area contributed by atoms with Gasteiger partial charge < -0.3 is 0 Å². The van der Waals surface area contributed by atoms with Crippen LogP contribution < -0.4 is 0 Å². The van der Waals surface area contributed by atoms with Gasteiger partial charge in [-0.2, -0.15) is 0 Å². The Bertz CT molecular complexity index is 3280. The summed E-state index contributed by atoms with van der Waals surface area (Å²) >= 11 is 1.19. The molecular weight excluding hydrogens is 663 g/mol. The highest BCUT2D eigenvalue weighted by Crippen LogP contribution is 2.44. The van der Waals surface area contributed by atoms with Crippen molar-refractivity contribution in [1.29, 1.82) is 0 Å². The van der Waals surface area contributed by atoms with Gasteiger partial charge in [-0.15, -0.1) is 11.3 Å². The van der Waals surface area contributed by atoms with Gasteiger partial charge in [0.15, 0.2) is 17.5 Å². The molecule has 8 aromatic carbocycles. The van der Waals surface area contributed by atoms with E-state index in [1.165, 1.54) is 22.1 Å². The third-order valence-corrected chi connectivity index (χ3v) is 10.6. The summed E-state index contributed by atoms with van der Waals surface area (Å²) in [5.74, 6) is 0.855. The average Bonchev–Trinajstić information content (AvgIpc) is 3.68. The molecule has 53 heavy (non-hydrogen) atoms. The molecule has 2 heterocycles. The zero-order chi connectivity index (χ0) is 40.4. The van der Waals surface area contributed by atoms with Crippen molar-refractivity contribution in [3.8, 4) is 67.5 Å². The van der Waals surface area contributed by atoms with Gasteiger partial charge in [0.25, 0.3) is 0 Å². The zero-order valence-corrected chi connectivity index (χ0v) is 29.0. The van der Waals surface area contributed by atoms with E-state index in [2.05, 4.69) is 60.7 Å². The van der Waals surface area contributed by atoms with Crippen molar-refractivity contribution in [1.82, 2.24) is 15.0 Å². The van der Waals surface area contributed by atoms with Gasteiger partial charge in [-0.05, 0) is 68.4 Å². The third-order valence-electron chi connectivity index (χ3n) is 9.50. The Morgan fingerprint density at radius 2 is 0.962 bits per heavy atom. The first-order chi connectivity index (χ1) is 28.7. The first-order valence-electron chi connectivity index (χ1n) is 20.3. The van der Waals surface area contributed by atoms with Crippen molar-refractivity contribution in [3.63, 3.8) is 0 Å². The van der Waals surface area contributed by atoms with Crippen molar-refractivity contribution in [3.05, 3.63) is 188 Å². The Morgan fingerprint density at radius 3 is 1.74 bits per heavy atom. The monoisotopic (exact) mass is 699 g/mol. The Hall–Kier alpha value is -6.75. The molecule has 0 spiro atoms. The highest BCUT2D eigenvalue weighted by Gasteiger charge is 2.19. The van der Waals surface area contributed by atoms with Gasteiger partial charge in [-0.3, -0.25) is 0 Å². The molecule has 2 aromatic heterocycles. The zero-order valence-electron chi connectivity index (χ0n) is 34.2. The van der Waals surface area contributed by atoms with Crippen LogP contribution in [0.15, 0.2) is 188 Å². The fraction of sp³-hybridized carbons (Fsp3) is 0. The van der Waals surface area contributed by atoms with Gasteiger partial charge in [0.1, 0.15) is 0 Å². The van der Waals surface area contributed by atoms with E-state index in [-0.39, 0.29) is 53.0 Å². The van der Waals surface area contributed by atoms with Gasteiger partial charge in [0.05, 0.1) is 8.22 Å². The molecule has 0 atom stereocenters. The topological polar surface area (TPSA) is 38.7 Å². The number of nitrogens with zero attached hydrogens (tertiary/aromatic N) is 3.